The summed E-state index contributed by atoms with van der Waals surface area (Å²) in [5.74, 6) is -0.323. The Balaban J connectivity index is 1.35. The van der Waals surface area contributed by atoms with Crippen LogP contribution in [0.25, 0.3) is 0 Å². The summed E-state index contributed by atoms with van der Waals surface area (Å²) in [7, 11) is 0. The highest BCUT2D eigenvalue weighted by Gasteiger charge is 2.31. The molecule has 1 fully saturated rings. The molecule has 1 unspecified atom stereocenters. The van der Waals surface area contributed by atoms with Crippen molar-refractivity contribution in [3.63, 3.8) is 0 Å². The Morgan fingerprint density at radius 2 is 1.75 bits per heavy atom. The summed E-state index contributed by atoms with van der Waals surface area (Å²) >= 11 is 0. The zero-order valence-electron chi connectivity index (χ0n) is 20.7. The highest BCUT2D eigenvalue weighted by atomic mass is 16.3. The first-order valence-electron chi connectivity index (χ1n) is 12.7. The molecule has 36 heavy (non-hydrogen) atoms. The van der Waals surface area contributed by atoms with Crippen molar-refractivity contribution in [2.75, 3.05) is 31.1 Å². The number of aliphatic hydroxyl groups is 1. The van der Waals surface area contributed by atoms with Crippen LogP contribution < -0.4 is 10.2 Å². The molecular formula is C28H33N5O3. The standard InChI is InChI=1S/C28H33N5O3/c1-20(21-7-3-2-4-8-21)29-27(35)26-24-19-32(16-13-25(24)33(30-26)17-18-34)28(36)22-9-11-23(12-10-22)31-14-5-6-15-31/h2-4,7-12,20,34H,5-6,13-19H2,1H3,(H,29,35). The molecule has 0 spiro atoms. The minimum Gasteiger partial charge on any atom is -0.394 e. The second kappa shape index (κ2) is 10.5. The van der Waals surface area contributed by atoms with Gasteiger partial charge in [-0.1, -0.05) is 30.3 Å². The summed E-state index contributed by atoms with van der Waals surface area (Å²) in [5.41, 5.74) is 4.80. The third-order valence-corrected chi connectivity index (χ3v) is 7.18. The number of nitrogens with zero attached hydrogens (tertiary/aromatic N) is 4. The summed E-state index contributed by atoms with van der Waals surface area (Å²) in [4.78, 5) is 30.8. The van der Waals surface area contributed by atoms with Crippen molar-refractivity contribution < 1.29 is 14.7 Å². The first-order chi connectivity index (χ1) is 17.5. The van der Waals surface area contributed by atoms with Gasteiger partial charge >= 0.3 is 0 Å². The van der Waals surface area contributed by atoms with Gasteiger partial charge in [-0.3, -0.25) is 14.3 Å². The summed E-state index contributed by atoms with van der Waals surface area (Å²) in [6.07, 6.45) is 3.00. The van der Waals surface area contributed by atoms with Gasteiger partial charge in [0.25, 0.3) is 11.8 Å². The molecule has 2 aliphatic heterocycles. The van der Waals surface area contributed by atoms with Crippen molar-refractivity contribution in [1.29, 1.82) is 0 Å². The molecule has 8 nitrogen and oxygen atoms in total. The zero-order valence-corrected chi connectivity index (χ0v) is 20.7. The molecule has 0 saturated carbocycles. The molecule has 2 N–H and O–H groups in total. The molecule has 5 rings (SSSR count). The lowest BCUT2D eigenvalue weighted by atomic mass is 10.0. The molecule has 8 heteroatoms. The van der Waals surface area contributed by atoms with Gasteiger partial charge in [0.05, 0.1) is 25.7 Å². The van der Waals surface area contributed by atoms with Gasteiger partial charge in [-0.2, -0.15) is 5.10 Å². The molecule has 2 aliphatic rings. The van der Waals surface area contributed by atoms with E-state index < -0.39 is 0 Å². The number of anilines is 1. The summed E-state index contributed by atoms with van der Waals surface area (Å²) < 4.78 is 1.71. The third kappa shape index (κ3) is 4.86. The van der Waals surface area contributed by atoms with Gasteiger partial charge in [0, 0.05) is 48.6 Å². The molecule has 188 valence electrons. The smallest absolute Gasteiger partial charge is 0.272 e. The lowest BCUT2D eigenvalue weighted by molar-refractivity contribution is 0.0730. The Morgan fingerprint density at radius 1 is 1.03 bits per heavy atom. The van der Waals surface area contributed by atoms with Crippen LogP contribution in [-0.4, -0.2) is 57.8 Å². The van der Waals surface area contributed by atoms with Crippen molar-refractivity contribution in [2.24, 2.45) is 0 Å². The van der Waals surface area contributed by atoms with E-state index >= 15 is 0 Å². The van der Waals surface area contributed by atoms with Crippen LogP contribution in [0.15, 0.2) is 54.6 Å². The van der Waals surface area contributed by atoms with Crippen LogP contribution in [-0.2, 0) is 19.5 Å². The van der Waals surface area contributed by atoms with E-state index in [1.54, 1.807) is 9.58 Å². The number of benzene rings is 2. The minimum atomic E-state index is -0.274. The summed E-state index contributed by atoms with van der Waals surface area (Å²) in [6.45, 7) is 5.17. The second-order valence-corrected chi connectivity index (χ2v) is 9.54. The average Bonchev–Trinajstić information content (AvgIpc) is 3.58. The van der Waals surface area contributed by atoms with E-state index in [4.69, 9.17) is 0 Å². The molecule has 2 aromatic carbocycles. The van der Waals surface area contributed by atoms with Crippen LogP contribution in [0.3, 0.4) is 0 Å². The van der Waals surface area contributed by atoms with Crippen LogP contribution in [0.2, 0.25) is 0 Å². The molecule has 0 bridgehead atoms. The van der Waals surface area contributed by atoms with Gasteiger partial charge in [-0.25, -0.2) is 0 Å². The number of hydrogen-bond donors (Lipinski definition) is 2. The van der Waals surface area contributed by atoms with E-state index in [2.05, 4.69) is 15.3 Å². The predicted octanol–water partition coefficient (Wildman–Crippen LogP) is 3.17. The number of carbonyl (C=O) groups excluding carboxylic acids is 2. The largest absolute Gasteiger partial charge is 0.394 e. The lowest BCUT2D eigenvalue weighted by Gasteiger charge is -2.28. The SMILES string of the molecule is CC(NC(=O)c1nn(CCO)c2c1CN(C(=O)c1ccc(N3CCCC3)cc1)CC2)c1ccccc1. The number of carbonyl (C=O) groups is 2. The number of aliphatic hydroxyl groups excluding tert-OH is 1. The van der Waals surface area contributed by atoms with E-state index in [1.807, 2.05) is 61.5 Å². The molecule has 1 atom stereocenters. The van der Waals surface area contributed by atoms with E-state index in [0.29, 0.717) is 37.3 Å². The maximum atomic E-state index is 13.4. The Kier molecular flexibility index (Phi) is 7.04. The van der Waals surface area contributed by atoms with Crippen LogP contribution >= 0.6 is 0 Å². The van der Waals surface area contributed by atoms with E-state index in [0.717, 1.165) is 35.6 Å². The minimum absolute atomic E-state index is 0.0486. The fraction of sp³-hybridized carbons (Fsp3) is 0.393. The second-order valence-electron chi connectivity index (χ2n) is 9.54. The van der Waals surface area contributed by atoms with Crippen molar-refractivity contribution in [3.05, 3.63) is 82.7 Å². The Labute approximate surface area is 211 Å². The molecule has 1 saturated heterocycles. The number of rotatable bonds is 7. The Bertz CT molecular complexity index is 1220. The van der Waals surface area contributed by atoms with Gasteiger partial charge in [-0.15, -0.1) is 0 Å². The molecule has 0 radical (unpaired) electrons. The average molecular weight is 488 g/mol. The number of hydrogen-bond acceptors (Lipinski definition) is 5. The highest BCUT2D eigenvalue weighted by molar-refractivity contribution is 5.96. The van der Waals surface area contributed by atoms with Crippen LogP contribution in [0.5, 0.6) is 0 Å². The number of nitrogens with one attached hydrogen (secondary N) is 1. The Morgan fingerprint density at radius 3 is 2.44 bits per heavy atom. The molecular weight excluding hydrogens is 454 g/mol. The highest BCUT2D eigenvalue weighted by Crippen LogP contribution is 2.26. The van der Waals surface area contributed by atoms with Crippen molar-refractivity contribution in [3.8, 4) is 0 Å². The number of fused-ring (bicyclic) bond motifs is 1. The first kappa shape index (κ1) is 24.1. The maximum absolute atomic E-state index is 13.4. The van der Waals surface area contributed by atoms with Crippen LogP contribution in [0.4, 0.5) is 5.69 Å². The maximum Gasteiger partial charge on any atom is 0.272 e. The van der Waals surface area contributed by atoms with Crippen LogP contribution in [0.1, 0.15) is 63.5 Å². The zero-order chi connectivity index (χ0) is 25.1. The fourth-order valence-electron chi connectivity index (χ4n) is 5.19. The van der Waals surface area contributed by atoms with Gasteiger partial charge in [0.15, 0.2) is 5.69 Å². The number of amides is 2. The molecule has 1 aromatic heterocycles. The van der Waals surface area contributed by atoms with Crippen molar-refractivity contribution >= 4 is 17.5 Å². The number of aromatic nitrogens is 2. The molecule has 3 aromatic rings. The summed E-state index contributed by atoms with van der Waals surface area (Å²) in [5, 5.41) is 17.1. The van der Waals surface area contributed by atoms with E-state index in [1.165, 1.54) is 12.8 Å². The van der Waals surface area contributed by atoms with Gasteiger partial charge in [0.2, 0.25) is 0 Å². The van der Waals surface area contributed by atoms with E-state index in [9.17, 15) is 14.7 Å². The summed E-state index contributed by atoms with van der Waals surface area (Å²) in [6, 6.07) is 17.4. The lowest BCUT2D eigenvalue weighted by Crippen LogP contribution is -2.37. The molecule has 0 aliphatic carbocycles. The first-order valence-corrected chi connectivity index (χ1v) is 12.7. The third-order valence-electron chi connectivity index (χ3n) is 7.18. The normalized spacial score (nSPS) is 16.1. The van der Waals surface area contributed by atoms with Crippen molar-refractivity contribution in [1.82, 2.24) is 20.0 Å². The molecule has 2 amide bonds. The fourth-order valence-corrected chi connectivity index (χ4v) is 5.19. The van der Waals surface area contributed by atoms with Crippen molar-refractivity contribution in [2.45, 2.75) is 45.3 Å². The topological polar surface area (TPSA) is 90.7 Å². The van der Waals surface area contributed by atoms with Crippen LogP contribution in [0, 0.1) is 0 Å². The Hall–Kier alpha value is -3.65. The predicted molar refractivity (Wildman–Crippen MR) is 138 cm³/mol. The van der Waals surface area contributed by atoms with Gasteiger partial charge in [0.1, 0.15) is 0 Å². The van der Waals surface area contributed by atoms with Gasteiger partial charge in [-0.05, 0) is 49.6 Å². The van der Waals surface area contributed by atoms with E-state index in [-0.39, 0.29) is 24.5 Å². The monoisotopic (exact) mass is 487 g/mol. The van der Waals surface area contributed by atoms with Gasteiger partial charge < -0.3 is 20.2 Å². The molecule has 3 heterocycles. The quantitative estimate of drug-likeness (QED) is 0.534.